The number of carbonyl (C=O) groups excluding carboxylic acids is 1. The lowest BCUT2D eigenvalue weighted by Crippen LogP contribution is -2.32. The second kappa shape index (κ2) is 8.25. The number of hydrogen-bond acceptors (Lipinski definition) is 3. The van der Waals surface area contributed by atoms with Gasteiger partial charge < -0.3 is 15.7 Å². The number of hydrogen-bond donors (Lipinski definition) is 2. The van der Waals surface area contributed by atoms with Crippen molar-refractivity contribution in [1.82, 2.24) is 4.90 Å². The van der Waals surface area contributed by atoms with Crippen LogP contribution in [0.1, 0.15) is 46.0 Å². The lowest BCUT2D eigenvalue weighted by atomic mass is 9.94. The number of nitrogens with zero attached hydrogens (tertiary/aromatic N) is 1. The third kappa shape index (κ3) is 5.90. The average Bonchev–Trinajstić information content (AvgIpc) is 2.83. The molecular weight excluding hydrogens is 256 g/mol. The van der Waals surface area contributed by atoms with Gasteiger partial charge in [-0.2, -0.15) is 0 Å². The van der Waals surface area contributed by atoms with Gasteiger partial charge in [-0.05, 0) is 43.6 Å². The highest BCUT2D eigenvalue weighted by atomic mass is 16.4. The summed E-state index contributed by atoms with van der Waals surface area (Å²) < 4.78 is 0. The van der Waals surface area contributed by atoms with Crippen molar-refractivity contribution in [2.24, 2.45) is 23.5 Å². The van der Waals surface area contributed by atoms with Gasteiger partial charge in [0.15, 0.2) is 0 Å². The molecule has 0 aromatic heterocycles. The molecule has 0 aliphatic carbocycles. The first-order chi connectivity index (χ1) is 9.42. The second-order valence-electron chi connectivity index (χ2n) is 6.36. The van der Waals surface area contributed by atoms with Gasteiger partial charge in [0, 0.05) is 25.9 Å². The third-order valence-electron chi connectivity index (χ3n) is 4.01. The highest BCUT2D eigenvalue weighted by Crippen LogP contribution is 2.23. The van der Waals surface area contributed by atoms with Gasteiger partial charge >= 0.3 is 5.97 Å². The lowest BCUT2D eigenvalue weighted by Gasteiger charge is -2.21. The third-order valence-corrected chi connectivity index (χ3v) is 4.01. The van der Waals surface area contributed by atoms with Crippen molar-refractivity contribution >= 4 is 11.9 Å². The van der Waals surface area contributed by atoms with Crippen LogP contribution in [0.4, 0.5) is 0 Å². The van der Waals surface area contributed by atoms with Crippen LogP contribution < -0.4 is 5.73 Å². The van der Waals surface area contributed by atoms with Crippen molar-refractivity contribution in [2.45, 2.75) is 46.0 Å². The highest BCUT2D eigenvalue weighted by Gasteiger charge is 2.27. The Bertz CT molecular complexity index is 331. The number of carboxylic acids is 1. The number of rotatable bonds is 8. The summed E-state index contributed by atoms with van der Waals surface area (Å²) in [4.78, 5) is 24.7. The fourth-order valence-electron chi connectivity index (χ4n) is 2.93. The minimum Gasteiger partial charge on any atom is -0.481 e. The molecule has 0 aromatic carbocycles. The van der Waals surface area contributed by atoms with Crippen LogP contribution in [0.2, 0.25) is 0 Å². The van der Waals surface area contributed by atoms with Crippen LogP contribution in [0.3, 0.4) is 0 Å². The molecule has 0 radical (unpaired) electrons. The van der Waals surface area contributed by atoms with Gasteiger partial charge in [0.25, 0.3) is 0 Å². The van der Waals surface area contributed by atoms with Gasteiger partial charge in [0.2, 0.25) is 5.91 Å². The number of likely N-dealkylation sites (tertiary alicyclic amines) is 1. The van der Waals surface area contributed by atoms with E-state index in [1.807, 2.05) is 4.90 Å². The van der Waals surface area contributed by atoms with Crippen molar-refractivity contribution in [3.05, 3.63) is 0 Å². The molecule has 1 amide bonds. The molecule has 1 aliphatic rings. The van der Waals surface area contributed by atoms with Gasteiger partial charge in [-0.1, -0.05) is 13.8 Å². The fourth-order valence-corrected chi connectivity index (χ4v) is 2.93. The molecule has 2 atom stereocenters. The topological polar surface area (TPSA) is 83.6 Å². The van der Waals surface area contributed by atoms with Crippen LogP contribution in [0.5, 0.6) is 0 Å². The second-order valence-corrected chi connectivity index (χ2v) is 6.36. The molecule has 0 spiro atoms. The molecule has 5 nitrogen and oxygen atoms in total. The summed E-state index contributed by atoms with van der Waals surface area (Å²) in [6, 6.07) is 0. The molecule has 1 saturated heterocycles. The van der Waals surface area contributed by atoms with E-state index in [9.17, 15) is 9.59 Å². The van der Waals surface area contributed by atoms with Crippen LogP contribution in [-0.4, -0.2) is 41.5 Å². The minimum absolute atomic E-state index is 0.180. The van der Waals surface area contributed by atoms with Crippen LogP contribution >= 0.6 is 0 Å². The Morgan fingerprint density at radius 2 is 2.10 bits per heavy atom. The standard InChI is InChI=1S/C15H28N2O3/c1-11(2)7-13(9-16)8-14(18)17-6-5-12(10-17)3-4-15(19)20/h11-13H,3-10,16H2,1-2H3,(H,19,20)/t12?,13-/m0/s1. The van der Waals surface area contributed by atoms with Crippen molar-refractivity contribution in [2.75, 3.05) is 19.6 Å². The first kappa shape index (κ1) is 17.0. The molecule has 1 rings (SSSR count). The van der Waals surface area contributed by atoms with E-state index in [0.717, 1.165) is 19.4 Å². The monoisotopic (exact) mass is 284 g/mol. The zero-order valence-corrected chi connectivity index (χ0v) is 12.7. The van der Waals surface area contributed by atoms with E-state index in [1.54, 1.807) is 0 Å². The van der Waals surface area contributed by atoms with Gasteiger partial charge in [-0.3, -0.25) is 9.59 Å². The molecule has 0 aromatic rings. The number of nitrogens with two attached hydrogens (primary N) is 1. The van der Waals surface area contributed by atoms with Crippen LogP contribution in [0.25, 0.3) is 0 Å². The predicted molar refractivity (Wildman–Crippen MR) is 78.2 cm³/mol. The van der Waals surface area contributed by atoms with Crippen LogP contribution in [-0.2, 0) is 9.59 Å². The molecule has 116 valence electrons. The summed E-state index contributed by atoms with van der Waals surface area (Å²) in [5.41, 5.74) is 5.74. The summed E-state index contributed by atoms with van der Waals surface area (Å²) in [6.07, 6.45) is 3.31. The predicted octanol–water partition coefficient (Wildman–Crippen LogP) is 1.71. The number of carbonyl (C=O) groups is 2. The molecule has 1 aliphatic heterocycles. The lowest BCUT2D eigenvalue weighted by molar-refractivity contribution is -0.137. The molecule has 1 fully saturated rings. The van der Waals surface area contributed by atoms with Crippen molar-refractivity contribution in [3.8, 4) is 0 Å². The van der Waals surface area contributed by atoms with Gasteiger partial charge in [-0.15, -0.1) is 0 Å². The van der Waals surface area contributed by atoms with Gasteiger partial charge in [0.05, 0.1) is 0 Å². The Hall–Kier alpha value is -1.10. The largest absolute Gasteiger partial charge is 0.481 e. The fraction of sp³-hybridized carbons (Fsp3) is 0.867. The SMILES string of the molecule is CC(C)C[C@H](CN)CC(=O)N1CCC(CCC(=O)O)C1. The number of aliphatic carboxylic acids is 1. The maximum atomic E-state index is 12.2. The van der Waals surface area contributed by atoms with E-state index in [4.69, 9.17) is 10.8 Å². The minimum atomic E-state index is -0.755. The molecule has 0 bridgehead atoms. The Morgan fingerprint density at radius 1 is 1.40 bits per heavy atom. The molecule has 3 N–H and O–H groups in total. The Balaban J connectivity index is 2.35. The maximum Gasteiger partial charge on any atom is 0.303 e. The van der Waals surface area contributed by atoms with E-state index < -0.39 is 5.97 Å². The van der Waals surface area contributed by atoms with E-state index in [-0.39, 0.29) is 18.2 Å². The van der Waals surface area contributed by atoms with E-state index in [2.05, 4.69) is 13.8 Å². The summed E-state index contributed by atoms with van der Waals surface area (Å²) in [7, 11) is 0. The molecule has 0 saturated carbocycles. The molecule has 5 heteroatoms. The first-order valence-electron chi connectivity index (χ1n) is 7.62. The maximum absolute atomic E-state index is 12.2. The first-order valence-corrected chi connectivity index (χ1v) is 7.62. The summed E-state index contributed by atoms with van der Waals surface area (Å²) in [5.74, 6) is 0.587. The van der Waals surface area contributed by atoms with Gasteiger partial charge in [-0.25, -0.2) is 0 Å². The Labute approximate surface area is 121 Å². The van der Waals surface area contributed by atoms with Crippen molar-refractivity contribution < 1.29 is 14.7 Å². The van der Waals surface area contributed by atoms with Crippen molar-refractivity contribution in [3.63, 3.8) is 0 Å². The number of amides is 1. The zero-order valence-electron chi connectivity index (χ0n) is 12.7. The van der Waals surface area contributed by atoms with Gasteiger partial charge in [0.1, 0.15) is 0 Å². The summed E-state index contributed by atoms with van der Waals surface area (Å²) in [5, 5.41) is 8.69. The summed E-state index contributed by atoms with van der Waals surface area (Å²) >= 11 is 0. The zero-order chi connectivity index (χ0) is 15.1. The molecule has 1 heterocycles. The normalized spacial score (nSPS) is 20.4. The summed E-state index contributed by atoms with van der Waals surface area (Å²) in [6.45, 7) is 6.32. The van der Waals surface area contributed by atoms with E-state index >= 15 is 0 Å². The Kier molecular flexibility index (Phi) is 6.99. The van der Waals surface area contributed by atoms with Crippen LogP contribution in [0, 0.1) is 17.8 Å². The van der Waals surface area contributed by atoms with E-state index in [0.29, 0.717) is 37.8 Å². The van der Waals surface area contributed by atoms with Crippen molar-refractivity contribution in [1.29, 1.82) is 0 Å². The number of carboxylic acid groups (broad SMARTS) is 1. The van der Waals surface area contributed by atoms with E-state index in [1.165, 1.54) is 0 Å². The van der Waals surface area contributed by atoms with Crippen LogP contribution in [0.15, 0.2) is 0 Å². The average molecular weight is 284 g/mol. The molecular formula is C15H28N2O3. The molecule has 1 unspecified atom stereocenters. The quantitative estimate of drug-likeness (QED) is 0.710. The highest BCUT2D eigenvalue weighted by molar-refractivity contribution is 5.76. The molecule has 20 heavy (non-hydrogen) atoms. The Morgan fingerprint density at radius 3 is 2.65 bits per heavy atom. The smallest absolute Gasteiger partial charge is 0.303 e.